The Balaban J connectivity index is 2.96. The summed E-state index contributed by atoms with van der Waals surface area (Å²) in [7, 11) is -0.617. The first-order valence-electron chi connectivity index (χ1n) is 6.81. The zero-order chi connectivity index (χ0) is 16.0. The maximum absolute atomic E-state index is 11.9. The average molecular weight is 313 g/mol. The fourth-order valence-electron chi connectivity index (χ4n) is 1.85. The van der Waals surface area contributed by atoms with Gasteiger partial charge in [0.25, 0.3) is 0 Å². The van der Waals surface area contributed by atoms with Gasteiger partial charge in [0.05, 0.1) is 4.90 Å². The predicted octanol–water partition coefficient (Wildman–Crippen LogP) is 1.28. The van der Waals surface area contributed by atoms with E-state index in [2.05, 4.69) is 0 Å². The molecule has 0 atom stereocenters. The van der Waals surface area contributed by atoms with Gasteiger partial charge < -0.3 is 14.8 Å². The summed E-state index contributed by atoms with van der Waals surface area (Å²) in [6.45, 7) is 2.38. The molecule has 0 saturated carbocycles. The van der Waals surface area contributed by atoms with Gasteiger partial charge in [-0.15, -0.1) is 0 Å². The van der Waals surface area contributed by atoms with Gasteiger partial charge in [0.1, 0.15) is 6.09 Å². The Kier molecular flexibility index (Phi) is 6.17. The molecule has 1 amide bonds. The summed E-state index contributed by atoms with van der Waals surface area (Å²) in [5, 5.41) is 11.2. The number of hydrogen-bond donors (Lipinski definition) is 0. The zero-order valence-electron chi connectivity index (χ0n) is 12.6. The first-order valence-corrected chi connectivity index (χ1v) is 8.25. The minimum atomic E-state index is -3.51. The van der Waals surface area contributed by atoms with Crippen LogP contribution in [-0.2, 0) is 10.0 Å². The number of sulfonamides is 1. The van der Waals surface area contributed by atoms with Crippen molar-refractivity contribution >= 4 is 21.8 Å². The van der Waals surface area contributed by atoms with Gasteiger partial charge in [-0.3, -0.25) is 0 Å². The van der Waals surface area contributed by atoms with Gasteiger partial charge in [-0.25, -0.2) is 12.7 Å². The van der Waals surface area contributed by atoms with Crippen LogP contribution in [0.15, 0.2) is 29.2 Å². The number of benzene rings is 1. The Bertz CT molecular complexity index is 567. The average Bonchev–Trinajstić information content (AvgIpc) is 2.43. The van der Waals surface area contributed by atoms with Gasteiger partial charge in [-0.05, 0) is 30.7 Å². The molecule has 1 aromatic rings. The highest BCUT2D eigenvalue weighted by Crippen LogP contribution is 2.20. The van der Waals surface area contributed by atoms with E-state index in [0.717, 1.165) is 28.5 Å². The summed E-state index contributed by atoms with van der Waals surface area (Å²) < 4.78 is 25.0. The topological polar surface area (TPSA) is 80.8 Å². The summed E-state index contributed by atoms with van der Waals surface area (Å²) in [4.78, 5) is 12.4. The number of carbonyl (C=O) groups is 1. The lowest BCUT2D eigenvalue weighted by molar-refractivity contribution is -0.246. The predicted molar refractivity (Wildman–Crippen MR) is 79.6 cm³/mol. The van der Waals surface area contributed by atoms with Crippen molar-refractivity contribution in [3.8, 4) is 0 Å². The molecule has 1 aromatic carbocycles. The third-order valence-electron chi connectivity index (χ3n) is 3.13. The molecule has 21 heavy (non-hydrogen) atoms. The van der Waals surface area contributed by atoms with Crippen molar-refractivity contribution in [3.63, 3.8) is 0 Å². The SMILES string of the molecule is CCCCCN(C(=O)[O-])c1ccc(S(=O)(=O)N(C)C)cc1. The van der Waals surface area contributed by atoms with E-state index in [0.29, 0.717) is 12.2 Å². The number of carbonyl (C=O) groups excluding carboxylic acids is 1. The van der Waals surface area contributed by atoms with Crippen LogP contribution >= 0.6 is 0 Å². The Morgan fingerprint density at radius 3 is 2.14 bits per heavy atom. The molecule has 0 bridgehead atoms. The van der Waals surface area contributed by atoms with Crippen molar-refractivity contribution in [1.29, 1.82) is 0 Å². The fraction of sp³-hybridized carbons (Fsp3) is 0.500. The van der Waals surface area contributed by atoms with Gasteiger partial charge in [0.15, 0.2) is 0 Å². The molecule has 0 heterocycles. The maximum Gasteiger partial charge on any atom is 0.242 e. The highest BCUT2D eigenvalue weighted by Gasteiger charge is 2.17. The van der Waals surface area contributed by atoms with E-state index in [1.807, 2.05) is 6.92 Å². The molecule has 0 saturated heterocycles. The molecule has 0 aromatic heterocycles. The molecular formula is C14H21N2O4S-. The molecule has 7 heteroatoms. The van der Waals surface area contributed by atoms with Crippen LogP contribution in [0, 0.1) is 0 Å². The first kappa shape index (κ1) is 17.5. The van der Waals surface area contributed by atoms with Crippen molar-refractivity contribution in [2.24, 2.45) is 0 Å². The summed E-state index contributed by atoms with van der Waals surface area (Å²) in [6.07, 6.45) is 1.37. The van der Waals surface area contributed by atoms with E-state index in [1.54, 1.807) is 0 Å². The smallest absolute Gasteiger partial charge is 0.242 e. The summed E-state index contributed by atoms with van der Waals surface area (Å²) in [6, 6.07) is 5.77. The number of unbranched alkanes of at least 4 members (excludes halogenated alkanes) is 2. The fourth-order valence-corrected chi connectivity index (χ4v) is 2.76. The quantitative estimate of drug-likeness (QED) is 0.710. The molecule has 0 aliphatic heterocycles. The largest absolute Gasteiger partial charge is 0.530 e. The van der Waals surface area contributed by atoms with Crippen molar-refractivity contribution in [3.05, 3.63) is 24.3 Å². The molecular weight excluding hydrogens is 292 g/mol. The van der Waals surface area contributed by atoms with Gasteiger partial charge in [0.2, 0.25) is 10.0 Å². The second kappa shape index (κ2) is 7.42. The second-order valence-electron chi connectivity index (χ2n) is 4.91. The standard InChI is InChI=1S/C14H22N2O4S/c1-4-5-6-11-16(14(17)18)12-7-9-13(10-8-12)21(19,20)15(2)3/h7-10H,4-6,11H2,1-3H3,(H,17,18)/p-1. The van der Waals surface area contributed by atoms with Crippen molar-refractivity contribution in [2.75, 3.05) is 25.5 Å². The van der Waals surface area contributed by atoms with Crippen LogP contribution in [0.4, 0.5) is 10.5 Å². The van der Waals surface area contributed by atoms with E-state index in [9.17, 15) is 18.3 Å². The molecule has 0 unspecified atom stereocenters. The minimum Gasteiger partial charge on any atom is -0.530 e. The summed E-state index contributed by atoms with van der Waals surface area (Å²) in [5.74, 6) is 0. The van der Waals surface area contributed by atoms with Crippen LogP contribution in [-0.4, -0.2) is 39.5 Å². The molecule has 0 fully saturated rings. The Hall–Kier alpha value is -1.60. The molecule has 1 rings (SSSR count). The number of rotatable bonds is 7. The third kappa shape index (κ3) is 4.44. The van der Waals surface area contributed by atoms with Gasteiger partial charge in [0, 0.05) is 26.3 Å². The van der Waals surface area contributed by atoms with E-state index in [1.165, 1.54) is 38.4 Å². The molecule has 0 radical (unpaired) electrons. The monoisotopic (exact) mass is 313 g/mol. The summed E-state index contributed by atoms with van der Waals surface area (Å²) in [5.41, 5.74) is 0.420. The van der Waals surface area contributed by atoms with E-state index < -0.39 is 16.1 Å². The highest BCUT2D eigenvalue weighted by molar-refractivity contribution is 7.89. The lowest BCUT2D eigenvalue weighted by atomic mass is 10.2. The molecule has 118 valence electrons. The molecule has 0 aliphatic carbocycles. The van der Waals surface area contributed by atoms with Crippen LogP contribution in [0.3, 0.4) is 0 Å². The van der Waals surface area contributed by atoms with Gasteiger partial charge >= 0.3 is 0 Å². The number of amides is 1. The zero-order valence-corrected chi connectivity index (χ0v) is 13.4. The lowest BCUT2D eigenvalue weighted by Gasteiger charge is -2.25. The van der Waals surface area contributed by atoms with Crippen LogP contribution in [0.2, 0.25) is 0 Å². The van der Waals surface area contributed by atoms with Gasteiger partial charge in [-0.1, -0.05) is 19.8 Å². The third-order valence-corrected chi connectivity index (χ3v) is 4.96. The van der Waals surface area contributed by atoms with Crippen LogP contribution in [0.1, 0.15) is 26.2 Å². The number of hydrogen-bond acceptors (Lipinski definition) is 4. The van der Waals surface area contributed by atoms with Crippen molar-refractivity contribution < 1.29 is 18.3 Å². The molecule has 0 aliphatic rings. The molecule has 0 spiro atoms. The Labute approximate surface area is 126 Å². The van der Waals surface area contributed by atoms with Gasteiger partial charge in [-0.2, -0.15) is 0 Å². The van der Waals surface area contributed by atoms with E-state index in [-0.39, 0.29) is 4.90 Å². The second-order valence-corrected chi connectivity index (χ2v) is 7.06. The first-order chi connectivity index (χ1) is 9.80. The maximum atomic E-state index is 11.9. The molecule has 6 nitrogen and oxygen atoms in total. The van der Waals surface area contributed by atoms with Crippen LogP contribution in [0.25, 0.3) is 0 Å². The van der Waals surface area contributed by atoms with Crippen LogP contribution in [0.5, 0.6) is 0 Å². The lowest BCUT2D eigenvalue weighted by Crippen LogP contribution is -2.42. The highest BCUT2D eigenvalue weighted by atomic mass is 32.2. The van der Waals surface area contributed by atoms with Crippen molar-refractivity contribution in [2.45, 2.75) is 31.1 Å². The van der Waals surface area contributed by atoms with E-state index in [4.69, 9.17) is 0 Å². The summed E-state index contributed by atoms with van der Waals surface area (Å²) >= 11 is 0. The number of carboxylic acid groups (broad SMARTS) is 1. The normalized spacial score (nSPS) is 11.6. The minimum absolute atomic E-state index is 0.128. The Morgan fingerprint density at radius 2 is 1.71 bits per heavy atom. The Morgan fingerprint density at radius 1 is 1.14 bits per heavy atom. The number of anilines is 1. The van der Waals surface area contributed by atoms with Crippen molar-refractivity contribution in [1.82, 2.24) is 4.31 Å². The van der Waals surface area contributed by atoms with Crippen LogP contribution < -0.4 is 10.0 Å². The molecule has 0 N–H and O–H groups in total. The van der Waals surface area contributed by atoms with E-state index >= 15 is 0 Å². The number of nitrogens with zero attached hydrogens (tertiary/aromatic N) is 2.